The molecule has 40 heavy (non-hydrogen) atoms. The second-order valence-corrected chi connectivity index (χ2v) is 9.48. The van der Waals surface area contributed by atoms with Crippen LogP contribution in [0.5, 0.6) is 17.2 Å². The molecule has 1 unspecified atom stereocenters. The Hall–Kier alpha value is -4.30. The molecule has 1 heterocycles. The lowest BCUT2D eigenvalue weighted by Crippen LogP contribution is -2.31. The van der Waals surface area contributed by atoms with Gasteiger partial charge in [0, 0.05) is 25.8 Å². The second-order valence-electron chi connectivity index (χ2n) is 9.48. The Morgan fingerprint density at radius 2 is 1.73 bits per heavy atom. The zero-order valence-electron chi connectivity index (χ0n) is 23.3. The Morgan fingerprint density at radius 3 is 2.40 bits per heavy atom. The van der Waals surface area contributed by atoms with E-state index in [2.05, 4.69) is 6.07 Å². The van der Waals surface area contributed by atoms with E-state index in [1.54, 1.807) is 49.6 Å². The Balaban J connectivity index is 1.68. The highest BCUT2D eigenvalue weighted by atomic mass is 16.5. The zero-order valence-corrected chi connectivity index (χ0v) is 23.3. The number of rotatable bonds is 12. The molecule has 1 aliphatic heterocycles. The van der Waals surface area contributed by atoms with Gasteiger partial charge in [-0.15, -0.1) is 0 Å². The SMILES string of the molecule is CCOc1ccc(C2C(=C(O)c3ccc(OCc4cccc(C)c4)cc3)C(=O)C(=O)N2CCCOC)cc1OC. The summed E-state index contributed by atoms with van der Waals surface area (Å²) in [5, 5.41) is 11.4. The molecule has 0 radical (unpaired) electrons. The van der Waals surface area contributed by atoms with Gasteiger partial charge < -0.3 is 29.0 Å². The molecular weight excluding hydrogens is 510 g/mol. The lowest BCUT2D eigenvalue weighted by molar-refractivity contribution is -0.140. The van der Waals surface area contributed by atoms with Crippen LogP contribution in [0.1, 0.15) is 41.6 Å². The molecule has 1 amide bonds. The summed E-state index contributed by atoms with van der Waals surface area (Å²) in [6, 6.07) is 19.3. The standard InChI is InChI=1S/C32H35NO7/c1-5-39-26-15-12-24(19-27(26)38-4)29-28(31(35)32(36)33(29)16-7-17-37-3)30(34)23-10-13-25(14-11-23)40-20-22-9-6-8-21(2)18-22/h6,8-15,18-19,29,34H,5,7,16-17,20H2,1-4H3. The third kappa shape index (κ3) is 6.29. The van der Waals surface area contributed by atoms with Gasteiger partial charge in [0.05, 0.1) is 25.3 Å². The summed E-state index contributed by atoms with van der Waals surface area (Å²) in [6.07, 6.45) is 0.529. The Labute approximate surface area is 234 Å². The number of aliphatic hydroxyl groups is 1. The first-order valence-corrected chi connectivity index (χ1v) is 13.2. The van der Waals surface area contributed by atoms with Crippen molar-refractivity contribution in [2.45, 2.75) is 32.9 Å². The maximum absolute atomic E-state index is 13.3. The lowest BCUT2D eigenvalue weighted by Gasteiger charge is -2.26. The molecule has 3 aromatic rings. The van der Waals surface area contributed by atoms with Crippen LogP contribution in [-0.2, 0) is 20.9 Å². The van der Waals surface area contributed by atoms with Crippen molar-refractivity contribution in [2.24, 2.45) is 0 Å². The van der Waals surface area contributed by atoms with E-state index in [0.29, 0.717) is 54.6 Å². The van der Waals surface area contributed by atoms with E-state index in [1.165, 1.54) is 12.0 Å². The Morgan fingerprint density at radius 1 is 0.950 bits per heavy atom. The number of aryl methyl sites for hydroxylation is 1. The van der Waals surface area contributed by atoms with Crippen LogP contribution in [0, 0.1) is 6.92 Å². The molecule has 1 aliphatic rings. The number of likely N-dealkylation sites (tertiary alicyclic amines) is 1. The molecule has 0 saturated carbocycles. The molecule has 3 aromatic carbocycles. The third-order valence-electron chi connectivity index (χ3n) is 6.71. The zero-order chi connectivity index (χ0) is 28.6. The number of nitrogens with zero attached hydrogens (tertiary/aromatic N) is 1. The molecule has 1 atom stereocenters. The summed E-state index contributed by atoms with van der Waals surface area (Å²) < 4.78 is 22.2. The number of hydrogen-bond donors (Lipinski definition) is 1. The van der Waals surface area contributed by atoms with E-state index < -0.39 is 17.7 Å². The fourth-order valence-corrected chi connectivity index (χ4v) is 4.80. The van der Waals surface area contributed by atoms with E-state index in [0.717, 1.165) is 11.1 Å². The third-order valence-corrected chi connectivity index (χ3v) is 6.71. The number of ketones is 1. The number of methoxy groups -OCH3 is 2. The topological polar surface area (TPSA) is 94.5 Å². The molecule has 8 nitrogen and oxygen atoms in total. The minimum atomic E-state index is -0.807. The number of Topliss-reactive ketones (excluding diaryl/α,β-unsaturated/α-hetero) is 1. The summed E-state index contributed by atoms with van der Waals surface area (Å²) in [6.45, 7) is 5.46. The van der Waals surface area contributed by atoms with Crippen LogP contribution in [0.2, 0.25) is 0 Å². The molecule has 0 bridgehead atoms. The Kier molecular flexibility index (Phi) is 9.45. The smallest absolute Gasteiger partial charge is 0.295 e. The molecule has 0 aliphatic carbocycles. The Bertz CT molecular complexity index is 1380. The van der Waals surface area contributed by atoms with Crippen LogP contribution >= 0.6 is 0 Å². The highest BCUT2D eigenvalue weighted by Crippen LogP contribution is 2.42. The number of amides is 1. The molecule has 210 valence electrons. The van der Waals surface area contributed by atoms with Crippen molar-refractivity contribution in [3.05, 3.63) is 94.6 Å². The number of aliphatic hydroxyl groups excluding tert-OH is 1. The van der Waals surface area contributed by atoms with Crippen LogP contribution in [0.3, 0.4) is 0 Å². The van der Waals surface area contributed by atoms with Gasteiger partial charge in [-0.05, 0) is 67.8 Å². The molecule has 1 N–H and O–H groups in total. The number of ether oxygens (including phenoxy) is 4. The van der Waals surface area contributed by atoms with Gasteiger partial charge in [-0.25, -0.2) is 0 Å². The maximum atomic E-state index is 13.3. The van der Waals surface area contributed by atoms with Crippen molar-refractivity contribution in [1.82, 2.24) is 4.90 Å². The minimum Gasteiger partial charge on any atom is -0.507 e. The van der Waals surface area contributed by atoms with Crippen molar-refractivity contribution in [3.8, 4) is 17.2 Å². The first kappa shape index (κ1) is 28.7. The van der Waals surface area contributed by atoms with Crippen LogP contribution in [-0.4, -0.2) is 55.7 Å². The van der Waals surface area contributed by atoms with Gasteiger partial charge in [0.25, 0.3) is 11.7 Å². The van der Waals surface area contributed by atoms with E-state index in [9.17, 15) is 14.7 Å². The summed E-state index contributed by atoms with van der Waals surface area (Å²) in [7, 11) is 3.11. The van der Waals surface area contributed by atoms with Gasteiger partial charge in [-0.3, -0.25) is 9.59 Å². The normalized spacial score (nSPS) is 16.3. The van der Waals surface area contributed by atoms with E-state index in [4.69, 9.17) is 18.9 Å². The number of carbonyl (C=O) groups is 2. The van der Waals surface area contributed by atoms with E-state index >= 15 is 0 Å². The molecule has 0 spiro atoms. The van der Waals surface area contributed by atoms with Crippen molar-refractivity contribution in [3.63, 3.8) is 0 Å². The number of benzene rings is 3. The first-order valence-electron chi connectivity index (χ1n) is 13.2. The van der Waals surface area contributed by atoms with Crippen LogP contribution in [0.15, 0.2) is 72.3 Å². The average Bonchev–Trinajstić information content (AvgIpc) is 3.21. The first-order chi connectivity index (χ1) is 19.4. The molecular formula is C32H35NO7. The predicted octanol–water partition coefficient (Wildman–Crippen LogP) is 5.44. The van der Waals surface area contributed by atoms with Gasteiger partial charge >= 0.3 is 0 Å². The van der Waals surface area contributed by atoms with Crippen molar-refractivity contribution in [2.75, 3.05) is 34.0 Å². The largest absolute Gasteiger partial charge is 0.507 e. The predicted molar refractivity (Wildman–Crippen MR) is 152 cm³/mol. The summed E-state index contributed by atoms with van der Waals surface area (Å²) in [4.78, 5) is 27.9. The quantitative estimate of drug-likeness (QED) is 0.140. The maximum Gasteiger partial charge on any atom is 0.295 e. The molecule has 1 fully saturated rings. The van der Waals surface area contributed by atoms with Gasteiger partial charge in [0.2, 0.25) is 0 Å². The molecule has 1 saturated heterocycles. The fraction of sp³-hybridized carbons (Fsp3) is 0.312. The second kappa shape index (κ2) is 13.2. The van der Waals surface area contributed by atoms with Crippen LogP contribution in [0.25, 0.3) is 5.76 Å². The van der Waals surface area contributed by atoms with Gasteiger partial charge in [-0.1, -0.05) is 35.9 Å². The van der Waals surface area contributed by atoms with Crippen LogP contribution in [0.4, 0.5) is 0 Å². The molecule has 0 aromatic heterocycles. The highest BCUT2D eigenvalue weighted by molar-refractivity contribution is 6.46. The minimum absolute atomic E-state index is 0.0158. The van der Waals surface area contributed by atoms with E-state index in [1.807, 2.05) is 32.0 Å². The lowest BCUT2D eigenvalue weighted by atomic mass is 9.95. The van der Waals surface area contributed by atoms with Crippen molar-refractivity contribution >= 4 is 17.4 Å². The average molecular weight is 546 g/mol. The van der Waals surface area contributed by atoms with Gasteiger partial charge in [0.1, 0.15) is 18.1 Å². The fourth-order valence-electron chi connectivity index (χ4n) is 4.80. The summed E-state index contributed by atoms with van der Waals surface area (Å²) >= 11 is 0. The number of hydrogen-bond acceptors (Lipinski definition) is 7. The van der Waals surface area contributed by atoms with E-state index in [-0.39, 0.29) is 17.9 Å². The number of carbonyl (C=O) groups excluding carboxylic acids is 2. The van der Waals surface area contributed by atoms with Crippen LogP contribution < -0.4 is 14.2 Å². The molecule has 4 rings (SSSR count). The highest BCUT2D eigenvalue weighted by Gasteiger charge is 2.46. The van der Waals surface area contributed by atoms with Crippen molar-refractivity contribution < 1.29 is 33.6 Å². The monoisotopic (exact) mass is 545 g/mol. The van der Waals surface area contributed by atoms with Gasteiger partial charge in [-0.2, -0.15) is 0 Å². The summed E-state index contributed by atoms with van der Waals surface area (Å²) in [5.74, 6) is -0.0361. The summed E-state index contributed by atoms with van der Waals surface area (Å²) in [5.41, 5.74) is 3.24. The molecule has 8 heteroatoms. The van der Waals surface area contributed by atoms with Gasteiger partial charge in [0.15, 0.2) is 11.5 Å². The van der Waals surface area contributed by atoms with Crippen molar-refractivity contribution in [1.29, 1.82) is 0 Å².